The Bertz CT molecular complexity index is 954. The second kappa shape index (κ2) is 10.6. The van der Waals surface area contributed by atoms with E-state index in [0.29, 0.717) is 12.1 Å². The van der Waals surface area contributed by atoms with E-state index < -0.39 is 0 Å². The fourth-order valence-electron chi connectivity index (χ4n) is 4.51. The molecule has 0 radical (unpaired) electrons. The van der Waals surface area contributed by atoms with E-state index in [4.69, 9.17) is 0 Å². The zero-order valence-electron chi connectivity index (χ0n) is 19.4. The smallest absolute Gasteiger partial charge is 0.251 e. The van der Waals surface area contributed by atoms with Crippen molar-refractivity contribution in [1.29, 1.82) is 0 Å². The van der Waals surface area contributed by atoms with Gasteiger partial charge in [-0.3, -0.25) is 9.59 Å². The summed E-state index contributed by atoms with van der Waals surface area (Å²) in [5.74, 6) is 0.105. The topological polar surface area (TPSA) is 55.5 Å². The molecule has 0 saturated heterocycles. The Labute approximate surface area is 186 Å². The van der Waals surface area contributed by atoms with Crippen molar-refractivity contribution in [2.24, 2.45) is 0 Å². The molecule has 1 heterocycles. The average Bonchev–Trinajstić information content (AvgIpc) is 3.06. The van der Waals surface area contributed by atoms with E-state index in [1.165, 1.54) is 31.4 Å². The monoisotopic (exact) mass is 422 g/mol. The van der Waals surface area contributed by atoms with Gasteiger partial charge < -0.3 is 14.8 Å². The van der Waals surface area contributed by atoms with Gasteiger partial charge in [-0.15, -0.1) is 0 Å². The third kappa shape index (κ3) is 5.95. The number of aryl methyl sites for hydroxylation is 1. The average molecular weight is 423 g/mol. The van der Waals surface area contributed by atoms with Crippen LogP contribution in [0.4, 0.5) is 0 Å². The van der Waals surface area contributed by atoms with E-state index in [1.54, 1.807) is 12.6 Å². The highest BCUT2D eigenvalue weighted by Crippen LogP contribution is 2.23. The molecule has 0 bridgehead atoms. The molecule has 5 heteroatoms. The molecule has 0 spiro atoms. The highest BCUT2D eigenvalue weighted by atomic mass is 16.1. The van der Waals surface area contributed by atoms with Gasteiger partial charge in [-0.2, -0.15) is 0 Å². The number of amides is 1. The summed E-state index contributed by atoms with van der Waals surface area (Å²) in [4.78, 5) is 25.8. The van der Waals surface area contributed by atoms with Crippen molar-refractivity contribution in [2.75, 3.05) is 20.6 Å². The predicted octanol–water partition coefficient (Wildman–Crippen LogP) is 3.25. The fourth-order valence-corrected chi connectivity index (χ4v) is 4.51. The van der Waals surface area contributed by atoms with E-state index in [2.05, 4.69) is 35.9 Å². The number of rotatable bonds is 9. The fraction of sp³-hybridized carbons (Fsp3) is 0.462. The van der Waals surface area contributed by atoms with Gasteiger partial charge in [0.05, 0.1) is 7.05 Å². The van der Waals surface area contributed by atoms with Crippen LogP contribution in [0.2, 0.25) is 0 Å². The number of benzene rings is 1. The van der Waals surface area contributed by atoms with Gasteiger partial charge in [-0.1, -0.05) is 23.8 Å². The molecule has 0 aliphatic heterocycles. The van der Waals surface area contributed by atoms with Crippen LogP contribution in [-0.2, 0) is 13.1 Å². The molecule has 2 aromatic rings. The molecule has 1 unspecified atom stereocenters. The number of likely N-dealkylation sites (N-methyl/N-ethyl adjacent to an activating group) is 1. The molecule has 2 N–H and O–H groups in total. The molecule has 1 aliphatic carbocycles. The summed E-state index contributed by atoms with van der Waals surface area (Å²) in [5.41, 5.74) is 6.43. The van der Waals surface area contributed by atoms with Crippen LogP contribution in [0.3, 0.4) is 0 Å². The lowest BCUT2D eigenvalue weighted by molar-refractivity contribution is -0.884. The Morgan fingerprint density at radius 1 is 1.13 bits per heavy atom. The summed E-state index contributed by atoms with van der Waals surface area (Å²) in [5, 5.41) is 2.63. The number of hydrogen-bond donors (Lipinski definition) is 2. The van der Waals surface area contributed by atoms with Crippen molar-refractivity contribution in [3.05, 3.63) is 70.1 Å². The molecule has 5 nitrogen and oxygen atoms in total. The molecular formula is C26H36N3O2+. The summed E-state index contributed by atoms with van der Waals surface area (Å²) >= 11 is 0. The molecule has 31 heavy (non-hydrogen) atoms. The van der Waals surface area contributed by atoms with Crippen LogP contribution in [0.5, 0.6) is 0 Å². The Morgan fingerprint density at radius 3 is 2.52 bits per heavy atom. The van der Waals surface area contributed by atoms with E-state index in [-0.39, 0.29) is 11.7 Å². The van der Waals surface area contributed by atoms with Gasteiger partial charge in [0.1, 0.15) is 13.1 Å². The first kappa shape index (κ1) is 23.0. The maximum Gasteiger partial charge on any atom is 0.251 e. The van der Waals surface area contributed by atoms with Crippen LogP contribution in [0.25, 0.3) is 0 Å². The Hall–Kier alpha value is -2.66. The number of ketones is 1. The summed E-state index contributed by atoms with van der Waals surface area (Å²) in [6, 6.07) is 9.64. The summed E-state index contributed by atoms with van der Waals surface area (Å²) < 4.78 is 2.30. The van der Waals surface area contributed by atoms with Gasteiger partial charge >= 0.3 is 0 Å². The Morgan fingerprint density at radius 2 is 1.87 bits per heavy atom. The molecule has 1 aromatic carbocycles. The van der Waals surface area contributed by atoms with E-state index >= 15 is 0 Å². The second-order valence-corrected chi connectivity index (χ2v) is 8.80. The molecule has 1 aromatic heterocycles. The number of carbonyl (C=O) groups excluding carboxylic acids is 2. The normalized spacial score (nSPS) is 14.8. The maximum atomic E-state index is 13.0. The van der Waals surface area contributed by atoms with Crippen LogP contribution >= 0.6 is 0 Å². The molecule has 1 amide bonds. The highest BCUT2D eigenvalue weighted by Gasteiger charge is 2.19. The van der Waals surface area contributed by atoms with Crippen LogP contribution in [-0.4, -0.2) is 36.9 Å². The zero-order chi connectivity index (χ0) is 22.4. The Balaban J connectivity index is 1.59. The molecule has 0 fully saturated rings. The van der Waals surface area contributed by atoms with Gasteiger partial charge in [0.2, 0.25) is 5.78 Å². The van der Waals surface area contributed by atoms with Gasteiger partial charge in [0, 0.05) is 41.7 Å². The third-order valence-corrected chi connectivity index (χ3v) is 6.33. The van der Waals surface area contributed by atoms with Crippen LogP contribution < -0.4 is 10.2 Å². The molecule has 166 valence electrons. The van der Waals surface area contributed by atoms with Crippen molar-refractivity contribution < 1.29 is 14.5 Å². The molecule has 3 rings (SSSR count). The minimum Gasteiger partial charge on any atom is -0.355 e. The number of carbonyl (C=O) groups is 2. The Kier molecular flexibility index (Phi) is 7.85. The van der Waals surface area contributed by atoms with Crippen molar-refractivity contribution in [2.45, 2.75) is 59.0 Å². The third-order valence-electron chi connectivity index (χ3n) is 6.33. The van der Waals surface area contributed by atoms with Gasteiger partial charge in [-0.25, -0.2) is 0 Å². The van der Waals surface area contributed by atoms with E-state index in [9.17, 15) is 9.59 Å². The first-order valence-electron chi connectivity index (χ1n) is 11.4. The van der Waals surface area contributed by atoms with Gasteiger partial charge in [0.15, 0.2) is 0 Å². The number of allylic oxidation sites excluding steroid dienone is 2. The number of quaternary nitrogens is 1. The van der Waals surface area contributed by atoms with Gasteiger partial charge in [-0.05, 0) is 64.2 Å². The first-order chi connectivity index (χ1) is 14.9. The lowest BCUT2D eigenvalue weighted by atomic mass is 9.97. The largest absolute Gasteiger partial charge is 0.355 e. The van der Waals surface area contributed by atoms with Crippen LogP contribution in [0.1, 0.15) is 69.8 Å². The zero-order valence-corrected chi connectivity index (χ0v) is 19.4. The van der Waals surface area contributed by atoms with Crippen molar-refractivity contribution >= 4 is 11.7 Å². The lowest BCUT2D eigenvalue weighted by Gasteiger charge is -2.15. The highest BCUT2D eigenvalue weighted by molar-refractivity contribution is 5.98. The summed E-state index contributed by atoms with van der Waals surface area (Å²) in [6.07, 6.45) is 8.56. The number of nitrogens with one attached hydrogen (secondary N) is 2. The minimum absolute atomic E-state index is 0.0856. The van der Waals surface area contributed by atoms with Crippen molar-refractivity contribution in [3.63, 3.8) is 0 Å². The predicted molar refractivity (Wildman–Crippen MR) is 125 cm³/mol. The van der Waals surface area contributed by atoms with E-state index in [1.807, 2.05) is 31.3 Å². The second-order valence-electron chi connectivity index (χ2n) is 8.80. The van der Waals surface area contributed by atoms with E-state index in [0.717, 1.165) is 41.2 Å². The maximum absolute atomic E-state index is 13.0. The standard InChI is InChI=1S/C26H35N3O2/c1-19-16-24(20(2)29(19)15-14-21-8-6-5-7-9-21)25(30)18-28(4)17-22-10-12-23(13-11-22)26(31)27-3/h8,10-13,16H,5-7,9,14-15,17-18H2,1-4H3,(H,27,31)/p+1. The molecule has 1 atom stereocenters. The quantitative estimate of drug-likeness (QED) is 0.481. The minimum atomic E-state index is -0.0856. The molecular weight excluding hydrogens is 386 g/mol. The number of aromatic nitrogens is 1. The van der Waals surface area contributed by atoms with Crippen LogP contribution in [0, 0.1) is 13.8 Å². The van der Waals surface area contributed by atoms with Crippen molar-refractivity contribution in [3.8, 4) is 0 Å². The number of hydrogen-bond acceptors (Lipinski definition) is 2. The van der Waals surface area contributed by atoms with Crippen LogP contribution in [0.15, 0.2) is 42.0 Å². The summed E-state index contributed by atoms with van der Waals surface area (Å²) in [6.45, 7) is 6.32. The molecule has 0 saturated carbocycles. The lowest BCUT2D eigenvalue weighted by Crippen LogP contribution is -3.08. The first-order valence-corrected chi connectivity index (χ1v) is 11.4. The molecule has 1 aliphatic rings. The van der Waals surface area contributed by atoms with Gasteiger partial charge in [0.25, 0.3) is 5.91 Å². The number of nitrogens with zero attached hydrogens (tertiary/aromatic N) is 1. The van der Waals surface area contributed by atoms with Crippen molar-refractivity contribution in [1.82, 2.24) is 9.88 Å². The SMILES string of the molecule is CNC(=O)c1ccc(C[NH+](C)CC(=O)c2cc(C)n(CCC3=CCCCC3)c2C)cc1. The number of Topliss-reactive ketones (excluding diaryl/α,β-unsaturated/α-hetero) is 1. The summed E-state index contributed by atoms with van der Waals surface area (Å²) in [7, 11) is 3.67.